The van der Waals surface area contributed by atoms with E-state index in [4.69, 9.17) is 10.5 Å². The van der Waals surface area contributed by atoms with Crippen molar-refractivity contribution < 1.29 is 4.74 Å². The van der Waals surface area contributed by atoms with Crippen LogP contribution in [0.3, 0.4) is 0 Å². The molecule has 0 amide bonds. The van der Waals surface area contributed by atoms with Crippen LogP contribution in [0, 0.1) is 0 Å². The Labute approximate surface area is 112 Å². The van der Waals surface area contributed by atoms with Crippen molar-refractivity contribution in [1.82, 2.24) is 14.5 Å². The number of rotatable bonds is 4. The molecular weight excluding hydrogens is 242 g/mol. The lowest BCUT2D eigenvalue weighted by molar-refractivity contribution is -0.0126. The molecule has 2 heterocycles. The topological polar surface area (TPSA) is 78.0 Å². The molecule has 3 rings (SSSR count). The van der Waals surface area contributed by atoms with Crippen LogP contribution in [-0.4, -0.2) is 39.3 Å². The zero-order valence-electron chi connectivity index (χ0n) is 11.2. The summed E-state index contributed by atoms with van der Waals surface area (Å²) >= 11 is 0. The summed E-state index contributed by atoms with van der Waals surface area (Å²) < 4.78 is 7.63. The number of imidazole rings is 1. The second kappa shape index (κ2) is 4.79. The molecule has 3 atom stereocenters. The van der Waals surface area contributed by atoms with Gasteiger partial charge in [0.15, 0.2) is 5.82 Å². The normalized spacial score (nSPS) is 26.4. The molecule has 1 aliphatic rings. The van der Waals surface area contributed by atoms with Gasteiger partial charge in [-0.2, -0.15) is 0 Å². The van der Waals surface area contributed by atoms with Gasteiger partial charge in [0.2, 0.25) is 0 Å². The standard InChI is InChI=1S/C13H19N5O/c1-3-19-10-6-8(14)11(10)17-13-12-9(4-5-15-13)18(2)7-16-12/h4-5,7-8,10-11H,3,6,14H2,1-2H3,(H,15,17). The van der Waals surface area contributed by atoms with Crippen molar-refractivity contribution in [2.24, 2.45) is 12.8 Å². The van der Waals surface area contributed by atoms with Gasteiger partial charge in [-0.1, -0.05) is 0 Å². The van der Waals surface area contributed by atoms with Crippen molar-refractivity contribution >= 4 is 16.9 Å². The summed E-state index contributed by atoms with van der Waals surface area (Å²) in [6, 6.07) is 2.17. The molecule has 0 spiro atoms. The third-order valence-electron chi connectivity index (χ3n) is 3.69. The van der Waals surface area contributed by atoms with E-state index in [2.05, 4.69) is 15.3 Å². The molecular formula is C13H19N5O. The number of pyridine rings is 1. The summed E-state index contributed by atoms with van der Waals surface area (Å²) in [5, 5.41) is 3.38. The molecule has 3 N–H and O–H groups in total. The highest BCUT2D eigenvalue weighted by Gasteiger charge is 2.39. The van der Waals surface area contributed by atoms with Crippen LogP contribution < -0.4 is 11.1 Å². The van der Waals surface area contributed by atoms with E-state index in [9.17, 15) is 0 Å². The first-order valence-electron chi connectivity index (χ1n) is 6.60. The third kappa shape index (κ3) is 2.06. The van der Waals surface area contributed by atoms with Gasteiger partial charge in [0, 0.05) is 25.9 Å². The van der Waals surface area contributed by atoms with Gasteiger partial charge in [0.25, 0.3) is 0 Å². The Hall–Kier alpha value is -1.66. The van der Waals surface area contributed by atoms with Gasteiger partial charge in [0.1, 0.15) is 5.52 Å². The summed E-state index contributed by atoms with van der Waals surface area (Å²) in [7, 11) is 1.97. The molecule has 0 bridgehead atoms. The van der Waals surface area contributed by atoms with Gasteiger partial charge in [-0.05, 0) is 19.4 Å². The Morgan fingerprint density at radius 1 is 1.53 bits per heavy atom. The lowest BCUT2D eigenvalue weighted by Crippen LogP contribution is -2.60. The molecule has 0 saturated heterocycles. The number of nitrogens with one attached hydrogen (secondary N) is 1. The molecule has 19 heavy (non-hydrogen) atoms. The van der Waals surface area contributed by atoms with E-state index >= 15 is 0 Å². The molecule has 1 aliphatic carbocycles. The van der Waals surface area contributed by atoms with Crippen molar-refractivity contribution in [3.05, 3.63) is 18.6 Å². The Morgan fingerprint density at radius 2 is 2.37 bits per heavy atom. The number of aromatic nitrogens is 3. The van der Waals surface area contributed by atoms with Crippen LogP contribution in [0.4, 0.5) is 5.82 Å². The summed E-state index contributed by atoms with van der Waals surface area (Å²) in [6.07, 6.45) is 4.63. The van der Waals surface area contributed by atoms with E-state index in [0.717, 1.165) is 23.3 Å². The van der Waals surface area contributed by atoms with Gasteiger partial charge >= 0.3 is 0 Å². The molecule has 0 aromatic carbocycles. The Bertz CT molecular complexity index is 579. The van der Waals surface area contributed by atoms with E-state index in [1.807, 2.05) is 24.6 Å². The van der Waals surface area contributed by atoms with Crippen molar-refractivity contribution in [2.45, 2.75) is 31.5 Å². The maximum Gasteiger partial charge on any atom is 0.154 e. The number of fused-ring (bicyclic) bond motifs is 1. The van der Waals surface area contributed by atoms with Gasteiger partial charge in [-0.25, -0.2) is 9.97 Å². The Balaban J connectivity index is 1.85. The van der Waals surface area contributed by atoms with Crippen LogP contribution in [0.1, 0.15) is 13.3 Å². The smallest absolute Gasteiger partial charge is 0.154 e. The maximum absolute atomic E-state index is 6.04. The first-order valence-corrected chi connectivity index (χ1v) is 6.60. The molecule has 2 aromatic heterocycles. The van der Waals surface area contributed by atoms with Crippen LogP contribution >= 0.6 is 0 Å². The van der Waals surface area contributed by atoms with E-state index < -0.39 is 0 Å². The number of aryl methyl sites for hydroxylation is 1. The fraction of sp³-hybridized carbons (Fsp3) is 0.538. The van der Waals surface area contributed by atoms with Crippen molar-refractivity contribution in [3.63, 3.8) is 0 Å². The highest BCUT2D eigenvalue weighted by atomic mass is 16.5. The highest BCUT2D eigenvalue weighted by Crippen LogP contribution is 2.28. The number of anilines is 1. The van der Waals surface area contributed by atoms with Crippen LogP contribution in [0.2, 0.25) is 0 Å². The average Bonchev–Trinajstić information content (AvgIpc) is 2.79. The summed E-state index contributed by atoms with van der Waals surface area (Å²) in [6.45, 7) is 2.70. The van der Waals surface area contributed by atoms with Crippen molar-refractivity contribution in [1.29, 1.82) is 0 Å². The molecule has 0 aliphatic heterocycles. The molecule has 0 radical (unpaired) electrons. The van der Waals surface area contributed by atoms with Crippen molar-refractivity contribution in [2.75, 3.05) is 11.9 Å². The van der Waals surface area contributed by atoms with E-state index in [1.54, 1.807) is 12.5 Å². The SMILES string of the molecule is CCOC1CC(N)C1Nc1nccc2c1ncn2C. The zero-order chi connectivity index (χ0) is 13.4. The number of nitrogens with two attached hydrogens (primary N) is 1. The maximum atomic E-state index is 6.04. The van der Waals surface area contributed by atoms with Gasteiger partial charge in [-0.3, -0.25) is 0 Å². The Morgan fingerprint density at radius 3 is 3.11 bits per heavy atom. The molecule has 6 heteroatoms. The molecule has 1 fully saturated rings. The molecule has 1 saturated carbocycles. The first-order chi connectivity index (χ1) is 9.20. The molecule has 2 aromatic rings. The number of hydrogen-bond acceptors (Lipinski definition) is 5. The number of ether oxygens (including phenoxy) is 1. The molecule has 102 valence electrons. The van der Waals surface area contributed by atoms with Gasteiger partial charge in [0.05, 0.1) is 24.0 Å². The minimum Gasteiger partial charge on any atom is -0.376 e. The van der Waals surface area contributed by atoms with Crippen LogP contribution in [0.25, 0.3) is 11.0 Å². The number of hydrogen-bond donors (Lipinski definition) is 2. The predicted molar refractivity (Wildman–Crippen MR) is 73.9 cm³/mol. The minimum atomic E-state index is 0.109. The molecule has 3 unspecified atom stereocenters. The fourth-order valence-corrected chi connectivity index (χ4v) is 2.55. The summed E-state index contributed by atoms with van der Waals surface area (Å²) in [5.74, 6) is 0.781. The zero-order valence-corrected chi connectivity index (χ0v) is 11.2. The Kier molecular flexibility index (Phi) is 3.12. The summed E-state index contributed by atoms with van der Waals surface area (Å²) in [5.41, 5.74) is 7.97. The molecule has 6 nitrogen and oxygen atoms in total. The van der Waals surface area contributed by atoms with Gasteiger partial charge in [-0.15, -0.1) is 0 Å². The lowest BCUT2D eigenvalue weighted by Gasteiger charge is -2.42. The fourth-order valence-electron chi connectivity index (χ4n) is 2.55. The largest absolute Gasteiger partial charge is 0.376 e. The lowest BCUT2D eigenvalue weighted by atomic mass is 9.83. The minimum absolute atomic E-state index is 0.109. The third-order valence-corrected chi connectivity index (χ3v) is 3.69. The van der Waals surface area contributed by atoms with E-state index in [1.165, 1.54) is 0 Å². The van der Waals surface area contributed by atoms with E-state index in [-0.39, 0.29) is 18.2 Å². The van der Waals surface area contributed by atoms with E-state index in [0.29, 0.717) is 6.61 Å². The van der Waals surface area contributed by atoms with Crippen LogP contribution in [0.5, 0.6) is 0 Å². The van der Waals surface area contributed by atoms with Crippen LogP contribution in [-0.2, 0) is 11.8 Å². The average molecular weight is 261 g/mol. The second-order valence-corrected chi connectivity index (χ2v) is 4.95. The summed E-state index contributed by atoms with van der Waals surface area (Å²) in [4.78, 5) is 8.76. The number of nitrogens with zero attached hydrogens (tertiary/aromatic N) is 3. The van der Waals surface area contributed by atoms with Crippen molar-refractivity contribution in [3.8, 4) is 0 Å². The van der Waals surface area contributed by atoms with Gasteiger partial charge < -0.3 is 20.4 Å². The second-order valence-electron chi connectivity index (χ2n) is 4.95. The first kappa shape index (κ1) is 12.4. The quantitative estimate of drug-likeness (QED) is 0.854. The monoisotopic (exact) mass is 261 g/mol. The predicted octanol–water partition coefficient (Wildman–Crippen LogP) is 0.885. The van der Waals surface area contributed by atoms with Crippen LogP contribution in [0.15, 0.2) is 18.6 Å². The highest BCUT2D eigenvalue weighted by molar-refractivity contribution is 5.85.